The molecule has 0 saturated carbocycles. The molecule has 130 valence electrons. The minimum Gasteiger partial charge on any atom is -0.444 e. The van der Waals surface area contributed by atoms with Crippen LogP contribution in [0.1, 0.15) is 40.5 Å². The maximum Gasteiger partial charge on any atom is 0.410 e. The fraction of sp³-hybridized carbons (Fsp3) is 0.556. The average molecular weight is 441 g/mol. The van der Waals surface area contributed by atoms with E-state index in [1.165, 1.54) is 0 Å². The molecule has 0 aliphatic carbocycles. The number of benzene rings is 1. The molecule has 6 heteroatoms. The van der Waals surface area contributed by atoms with E-state index in [4.69, 9.17) is 4.74 Å². The zero-order chi connectivity index (χ0) is 18.0. The average Bonchev–Trinajstić information content (AvgIpc) is 2.48. The molecule has 24 heavy (non-hydrogen) atoms. The minimum absolute atomic E-state index is 0.0652. The molecule has 2 unspecified atom stereocenters. The van der Waals surface area contributed by atoms with Crippen molar-refractivity contribution in [3.63, 3.8) is 0 Å². The number of nitriles is 1. The number of rotatable bonds is 2. The third-order valence-corrected chi connectivity index (χ3v) is 4.74. The molecule has 1 heterocycles. The van der Waals surface area contributed by atoms with Gasteiger partial charge in [-0.1, -0.05) is 0 Å². The number of likely N-dealkylation sites (tertiary alicyclic amines) is 1. The smallest absolute Gasteiger partial charge is 0.410 e. The van der Waals surface area contributed by atoms with Gasteiger partial charge in [-0.3, -0.25) is 0 Å². The monoisotopic (exact) mass is 441 g/mol. The van der Waals surface area contributed by atoms with Crippen LogP contribution in [0.2, 0.25) is 0 Å². The number of halogens is 1. The van der Waals surface area contributed by atoms with Crippen LogP contribution in [0.25, 0.3) is 0 Å². The Hall–Kier alpha value is -1.49. The summed E-state index contributed by atoms with van der Waals surface area (Å²) in [6.45, 7) is 8.04. The van der Waals surface area contributed by atoms with Gasteiger partial charge in [-0.05, 0) is 74.6 Å². The topological polar surface area (TPSA) is 65.4 Å². The van der Waals surface area contributed by atoms with Gasteiger partial charge in [0.25, 0.3) is 0 Å². The molecule has 0 bridgehead atoms. The normalized spacial score (nSPS) is 24.2. The van der Waals surface area contributed by atoms with E-state index in [-0.39, 0.29) is 12.1 Å². The molecule has 2 rings (SSSR count). The van der Waals surface area contributed by atoms with Gasteiger partial charge in [-0.2, -0.15) is 5.26 Å². The van der Waals surface area contributed by atoms with Gasteiger partial charge in [0.15, 0.2) is 0 Å². The van der Waals surface area contributed by atoms with Crippen LogP contribution in [0.5, 0.6) is 0 Å². The summed E-state index contributed by atoms with van der Waals surface area (Å²) in [4.78, 5) is 14.0. The number of hydrogen-bond donors (Lipinski definition) is 1. The molecule has 1 N–H and O–H groups in total. The van der Waals surface area contributed by atoms with Crippen molar-refractivity contribution in [3.05, 3.63) is 27.8 Å². The van der Waals surface area contributed by atoms with Gasteiger partial charge in [0.1, 0.15) is 11.1 Å². The Bertz CT molecular complexity index is 633. The van der Waals surface area contributed by atoms with E-state index in [1.807, 2.05) is 52.0 Å². The number of hydrogen-bond acceptors (Lipinski definition) is 4. The second-order valence-electron chi connectivity index (χ2n) is 7.30. The van der Waals surface area contributed by atoms with Crippen LogP contribution >= 0.6 is 22.6 Å². The van der Waals surface area contributed by atoms with E-state index in [0.29, 0.717) is 19.4 Å². The van der Waals surface area contributed by atoms with Crippen molar-refractivity contribution in [2.75, 3.05) is 11.9 Å². The van der Waals surface area contributed by atoms with Crippen LogP contribution in [-0.4, -0.2) is 34.7 Å². The predicted octanol–water partition coefficient (Wildman–Crippen LogP) is 4.38. The molecule has 1 aromatic carbocycles. The highest BCUT2D eigenvalue weighted by atomic mass is 127. The van der Waals surface area contributed by atoms with Crippen molar-refractivity contribution >= 4 is 34.4 Å². The van der Waals surface area contributed by atoms with Crippen molar-refractivity contribution < 1.29 is 9.53 Å². The van der Waals surface area contributed by atoms with Gasteiger partial charge >= 0.3 is 6.09 Å². The number of ether oxygens (including phenoxy) is 1. The lowest BCUT2D eigenvalue weighted by molar-refractivity contribution is 0.00880. The first kappa shape index (κ1) is 18.8. The molecule has 1 aliphatic rings. The van der Waals surface area contributed by atoms with Crippen molar-refractivity contribution in [1.29, 1.82) is 5.26 Å². The zero-order valence-electron chi connectivity index (χ0n) is 14.6. The molecule has 1 saturated heterocycles. The van der Waals surface area contributed by atoms with E-state index in [0.717, 1.165) is 9.26 Å². The highest BCUT2D eigenvalue weighted by Crippen LogP contribution is 2.31. The molecule has 2 atom stereocenters. The minimum atomic E-state index is -0.662. The maximum absolute atomic E-state index is 12.3. The Morgan fingerprint density at radius 3 is 2.54 bits per heavy atom. The van der Waals surface area contributed by atoms with E-state index in [2.05, 4.69) is 34.0 Å². The van der Waals surface area contributed by atoms with Crippen molar-refractivity contribution in [3.8, 4) is 6.07 Å². The quantitative estimate of drug-likeness (QED) is 0.692. The molecular formula is C18H24IN3O2. The number of carbonyl (C=O) groups excluding carboxylic acids is 1. The Kier molecular flexibility index (Phi) is 5.63. The Labute approximate surface area is 157 Å². The number of amides is 1. The summed E-state index contributed by atoms with van der Waals surface area (Å²) in [5.74, 6) is 0. The summed E-state index contributed by atoms with van der Waals surface area (Å²) in [7, 11) is 0. The Morgan fingerprint density at radius 1 is 1.42 bits per heavy atom. The number of nitrogens with zero attached hydrogens (tertiary/aromatic N) is 2. The summed E-state index contributed by atoms with van der Waals surface area (Å²) in [5, 5.41) is 13.1. The van der Waals surface area contributed by atoms with Gasteiger partial charge in [-0.25, -0.2) is 4.79 Å². The molecule has 0 spiro atoms. The Morgan fingerprint density at radius 2 is 2.04 bits per heavy atom. The van der Waals surface area contributed by atoms with Gasteiger partial charge in [0.05, 0.1) is 6.07 Å². The number of nitrogens with one attached hydrogen (secondary N) is 1. The Balaban J connectivity index is 2.07. The maximum atomic E-state index is 12.3. The van der Waals surface area contributed by atoms with Gasteiger partial charge in [0, 0.05) is 34.7 Å². The highest BCUT2D eigenvalue weighted by Gasteiger charge is 2.41. The molecular weight excluding hydrogens is 417 g/mol. The lowest BCUT2D eigenvalue weighted by Gasteiger charge is -2.42. The van der Waals surface area contributed by atoms with Crippen LogP contribution in [0.4, 0.5) is 10.5 Å². The van der Waals surface area contributed by atoms with E-state index < -0.39 is 11.1 Å². The highest BCUT2D eigenvalue weighted by molar-refractivity contribution is 14.1. The first-order valence-corrected chi connectivity index (χ1v) is 9.17. The zero-order valence-corrected chi connectivity index (χ0v) is 16.8. The van der Waals surface area contributed by atoms with Crippen LogP contribution in [0.15, 0.2) is 24.3 Å². The fourth-order valence-corrected chi connectivity index (χ4v) is 3.25. The van der Waals surface area contributed by atoms with Crippen LogP contribution < -0.4 is 5.32 Å². The summed E-state index contributed by atoms with van der Waals surface area (Å²) in [5.41, 5.74) is -0.250. The lowest BCUT2D eigenvalue weighted by atomic mass is 9.84. The first-order valence-electron chi connectivity index (χ1n) is 8.09. The van der Waals surface area contributed by atoms with E-state index in [9.17, 15) is 10.1 Å². The molecule has 1 aliphatic heterocycles. The van der Waals surface area contributed by atoms with Gasteiger partial charge < -0.3 is 15.0 Å². The fourth-order valence-electron chi connectivity index (χ4n) is 2.89. The van der Waals surface area contributed by atoms with Crippen molar-refractivity contribution in [1.82, 2.24) is 4.90 Å². The summed E-state index contributed by atoms with van der Waals surface area (Å²) in [6, 6.07) is 10.3. The summed E-state index contributed by atoms with van der Waals surface area (Å²) < 4.78 is 6.61. The second kappa shape index (κ2) is 7.18. The second-order valence-corrected chi connectivity index (χ2v) is 8.55. The largest absolute Gasteiger partial charge is 0.444 e. The van der Waals surface area contributed by atoms with E-state index in [1.54, 1.807) is 4.90 Å². The SMILES string of the molecule is CC1CC(C#N)(Nc2ccc(I)cc2)CCN1C(=O)OC(C)(C)C. The first-order chi connectivity index (χ1) is 11.1. The van der Waals surface area contributed by atoms with Crippen LogP contribution in [-0.2, 0) is 4.74 Å². The standard InChI is InChI=1S/C18H24IN3O2/c1-13-11-18(12-20,21-15-7-5-14(19)6-8-15)9-10-22(13)16(23)24-17(2,3)4/h5-8,13,21H,9-11H2,1-4H3. The van der Waals surface area contributed by atoms with E-state index >= 15 is 0 Å². The van der Waals surface area contributed by atoms with Crippen LogP contribution in [0, 0.1) is 14.9 Å². The van der Waals surface area contributed by atoms with Crippen molar-refractivity contribution in [2.45, 2.75) is 57.7 Å². The molecule has 1 aromatic rings. The molecule has 0 aromatic heterocycles. The predicted molar refractivity (Wildman–Crippen MR) is 103 cm³/mol. The summed E-state index contributed by atoms with van der Waals surface area (Å²) in [6.07, 6.45) is 0.823. The van der Waals surface area contributed by atoms with Crippen molar-refractivity contribution in [2.24, 2.45) is 0 Å². The molecule has 5 nitrogen and oxygen atoms in total. The third kappa shape index (κ3) is 4.76. The summed E-state index contributed by atoms with van der Waals surface area (Å²) >= 11 is 2.25. The lowest BCUT2D eigenvalue weighted by Crippen LogP contribution is -2.55. The third-order valence-electron chi connectivity index (χ3n) is 4.03. The number of piperidine rings is 1. The van der Waals surface area contributed by atoms with Gasteiger partial charge in [0.2, 0.25) is 0 Å². The molecule has 1 fully saturated rings. The van der Waals surface area contributed by atoms with Crippen LogP contribution in [0.3, 0.4) is 0 Å². The molecule has 0 radical (unpaired) electrons. The number of carbonyl (C=O) groups is 1. The van der Waals surface area contributed by atoms with Gasteiger partial charge in [-0.15, -0.1) is 0 Å². The number of anilines is 1. The molecule has 1 amide bonds.